The summed E-state index contributed by atoms with van der Waals surface area (Å²) in [6.07, 6.45) is 0. The third-order valence-electron chi connectivity index (χ3n) is 3.39. The quantitative estimate of drug-likeness (QED) is 0.731. The van der Waals surface area contributed by atoms with Crippen LogP contribution in [0, 0.1) is 0 Å². The van der Waals surface area contributed by atoms with Crippen molar-refractivity contribution in [2.75, 3.05) is 7.05 Å². The Morgan fingerprint density at radius 2 is 1.74 bits per heavy atom. The Hall–Kier alpha value is -0.830. The molecule has 0 bridgehead atoms. The third-order valence-corrected chi connectivity index (χ3v) is 4.42. The first-order valence-corrected chi connectivity index (χ1v) is 7.44. The minimum Gasteiger partial charge on any atom is -0.295 e. The van der Waals surface area contributed by atoms with Gasteiger partial charge in [0.25, 0.3) is 0 Å². The van der Waals surface area contributed by atoms with Crippen molar-refractivity contribution in [3.05, 3.63) is 69.2 Å². The van der Waals surface area contributed by atoms with E-state index in [1.165, 1.54) is 11.1 Å². The third kappa shape index (κ3) is 3.82. The summed E-state index contributed by atoms with van der Waals surface area (Å²) in [5.74, 6) is 0. The van der Waals surface area contributed by atoms with Crippen LogP contribution in [0.1, 0.15) is 24.1 Å². The zero-order valence-electron chi connectivity index (χ0n) is 11.1. The Morgan fingerprint density at radius 3 is 2.37 bits per heavy atom. The SMILES string of the molecule is CC(c1ccc(Cl)cc1)N(C)Cc1ccccc1Br. The highest BCUT2D eigenvalue weighted by Gasteiger charge is 2.12. The van der Waals surface area contributed by atoms with E-state index in [2.05, 4.69) is 65.1 Å². The Labute approximate surface area is 128 Å². The molecule has 0 aromatic heterocycles. The van der Waals surface area contributed by atoms with Gasteiger partial charge in [-0.15, -0.1) is 0 Å². The molecule has 1 nitrogen and oxygen atoms in total. The van der Waals surface area contributed by atoms with Crippen LogP contribution in [-0.4, -0.2) is 11.9 Å². The molecule has 0 radical (unpaired) electrons. The van der Waals surface area contributed by atoms with Gasteiger partial charge in [0.15, 0.2) is 0 Å². The minimum atomic E-state index is 0.351. The van der Waals surface area contributed by atoms with E-state index < -0.39 is 0 Å². The predicted molar refractivity (Wildman–Crippen MR) is 85.5 cm³/mol. The lowest BCUT2D eigenvalue weighted by Crippen LogP contribution is -2.22. The Bertz CT molecular complexity index is 539. The summed E-state index contributed by atoms with van der Waals surface area (Å²) >= 11 is 9.52. The number of benzene rings is 2. The Balaban J connectivity index is 2.09. The van der Waals surface area contributed by atoms with E-state index in [9.17, 15) is 0 Å². The Kier molecular flexibility index (Phi) is 5.03. The van der Waals surface area contributed by atoms with Gasteiger partial charge >= 0.3 is 0 Å². The second-order valence-corrected chi connectivity index (χ2v) is 6.02. The van der Waals surface area contributed by atoms with E-state index >= 15 is 0 Å². The average Bonchev–Trinajstić information content (AvgIpc) is 2.41. The molecule has 0 heterocycles. The fraction of sp³-hybridized carbons (Fsp3) is 0.250. The maximum atomic E-state index is 5.93. The lowest BCUT2D eigenvalue weighted by Gasteiger charge is -2.25. The second kappa shape index (κ2) is 6.56. The first-order valence-electron chi connectivity index (χ1n) is 6.27. The number of hydrogen-bond donors (Lipinski definition) is 0. The summed E-state index contributed by atoms with van der Waals surface area (Å²) in [6.45, 7) is 3.12. The van der Waals surface area contributed by atoms with Gasteiger partial charge in [0.05, 0.1) is 0 Å². The van der Waals surface area contributed by atoms with E-state index in [1.54, 1.807) is 0 Å². The lowest BCUT2D eigenvalue weighted by molar-refractivity contribution is 0.252. The van der Waals surface area contributed by atoms with Crippen molar-refractivity contribution >= 4 is 27.5 Å². The lowest BCUT2D eigenvalue weighted by atomic mass is 10.1. The van der Waals surface area contributed by atoms with Crippen molar-refractivity contribution < 1.29 is 0 Å². The Morgan fingerprint density at radius 1 is 1.11 bits per heavy atom. The molecule has 0 aliphatic rings. The van der Waals surface area contributed by atoms with E-state index in [1.807, 2.05) is 18.2 Å². The highest BCUT2D eigenvalue weighted by atomic mass is 79.9. The van der Waals surface area contributed by atoms with E-state index in [0.29, 0.717) is 6.04 Å². The first-order chi connectivity index (χ1) is 9.08. The molecular weight excluding hydrogens is 322 g/mol. The summed E-state index contributed by atoms with van der Waals surface area (Å²) in [5.41, 5.74) is 2.57. The highest BCUT2D eigenvalue weighted by molar-refractivity contribution is 9.10. The van der Waals surface area contributed by atoms with Crippen molar-refractivity contribution in [3.63, 3.8) is 0 Å². The van der Waals surface area contributed by atoms with Gasteiger partial charge in [0.2, 0.25) is 0 Å². The molecule has 0 aliphatic heterocycles. The maximum Gasteiger partial charge on any atom is 0.0406 e. The van der Waals surface area contributed by atoms with Gasteiger partial charge in [-0.1, -0.05) is 57.9 Å². The molecule has 19 heavy (non-hydrogen) atoms. The molecule has 0 fully saturated rings. The second-order valence-electron chi connectivity index (χ2n) is 4.73. The van der Waals surface area contributed by atoms with Crippen LogP contribution < -0.4 is 0 Å². The van der Waals surface area contributed by atoms with Gasteiger partial charge in [-0.3, -0.25) is 4.90 Å². The zero-order chi connectivity index (χ0) is 13.8. The predicted octanol–water partition coefficient (Wildman–Crippen LogP) is 5.30. The van der Waals surface area contributed by atoms with Crippen molar-refractivity contribution in [1.29, 1.82) is 0 Å². The van der Waals surface area contributed by atoms with Crippen LogP contribution in [0.2, 0.25) is 5.02 Å². The molecule has 2 aromatic rings. The molecule has 0 aliphatic carbocycles. The molecule has 1 atom stereocenters. The summed E-state index contributed by atoms with van der Waals surface area (Å²) in [4.78, 5) is 2.32. The van der Waals surface area contributed by atoms with Crippen molar-refractivity contribution in [2.24, 2.45) is 0 Å². The van der Waals surface area contributed by atoms with Crippen LogP contribution in [0.15, 0.2) is 53.0 Å². The largest absolute Gasteiger partial charge is 0.295 e. The molecule has 0 saturated carbocycles. The van der Waals surface area contributed by atoms with E-state index in [4.69, 9.17) is 11.6 Å². The number of hydrogen-bond acceptors (Lipinski definition) is 1. The molecule has 2 rings (SSSR count). The van der Waals surface area contributed by atoms with E-state index in [0.717, 1.165) is 16.0 Å². The normalized spacial score (nSPS) is 12.7. The summed E-state index contributed by atoms with van der Waals surface area (Å²) in [7, 11) is 2.14. The van der Waals surface area contributed by atoms with Crippen LogP contribution in [0.4, 0.5) is 0 Å². The number of nitrogens with zero attached hydrogens (tertiary/aromatic N) is 1. The molecule has 0 amide bonds. The number of halogens is 2. The van der Waals surface area contributed by atoms with Gasteiger partial charge in [-0.2, -0.15) is 0 Å². The van der Waals surface area contributed by atoms with Gasteiger partial charge in [-0.25, -0.2) is 0 Å². The van der Waals surface area contributed by atoms with E-state index in [-0.39, 0.29) is 0 Å². The highest BCUT2D eigenvalue weighted by Crippen LogP contribution is 2.24. The standard InChI is InChI=1S/C16H17BrClN/c1-12(13-7-9-15(18)10-8-13)19(2)11-14-5-3-4-6-16(14)17/h3-10,12H,11H2,1-2H3. The monoisotopic (exact) mass is 337 g/mol. The minimum absolute atomic E-state index is 0.351. The van der Waals surface area contributed by atoms with Gasteiger partial charge in [0.1, 0.15) is 0 Å². The van der Waals surface area contributed by atoms with Crippen molar-refractivity contribution in [1.82, 2.24) is 4.90 Å². The van der Waals surface area contributed by atoms with Crippen molar-refractivity contribution in [3.8, 4) is 0 Å². The van der Waals surface area contributed by atoms with Crippen LogP contribution >= 0.6 is 27.5 Å². The molecule has 0 N–H and O–H groups in total. The number of rotatable bonds is 4. The topological polar surface area (TPSA) is 3.24 Å². The van der Waals surface area contributed by atoms with Gasteiger partial charge < -0.3 is 0 Å². The fourth-order valence-electron chi connectivity index (χ4n) is 2.03. The van der Waals surface area contributed by atoms with Crippen molar-refractivity contribution in [2.45, 2.75) is 19.5 Å². The summed E-state index contributed by atoms with van der Waals surface area (Å²) in [5, 5.41) is 0.782. The first kappa shape index (κ1) is 14.6. The molecule has 3 heteroatoms. The van der Waals surface area contributed by atoms with Crippen LogP contribution in [0.3, 0.4) is 0 Å². The average molecular weight is 339 g/mol. The smallest absolute Gasteiger partial charge is 0.0406 e. The van der Waals surface area contributed by atoms with Gasteiger partial charge in [0, 0.05) is 22.1 Å². The van der Waals surface area contributed by atoms with Crippen LogP contribution in [0.5, 0.6) is 0 Å². The fourth-order valence-corrected chi connectivity index (χ4v) is 2.56. The molecule has 1 unspecified atom stereocenters. The van der Waals surface area contributed by atoms with Crippen LogP contribution in [0.25, 0.3) is 0 Å². The van der Waals surface area contributed by atoms with Gasteiger partial charge in [-0.05, 0) is 43.3 Å². The molecule has 0 spiro atoms. The summed E-state index contributed by atoms with van der Waals surface area (Å²) in [6, 6.07) is 16.7. The molecule has 0 saturated heterocycles. The summed E-state index contributed by atoms with van der Waals surface area (Å²) < 4.78 is 1.16. The zero-order valence-corrected chi connectivity index (χ0v) is 13.4. The maximum absolute atomic E-state index is 5.93. The van der Waals surface area contributed by atoms with Crippen LogP contribution in [-0.2, 0) is 6.54 Å². The molecule has 100 valence electrons. The molecular formula is C16H17BrClN. The molecule has 2 aromatic carbocycles.